The zero-order valence-electron chi connectivity index (χ0n) is 8.34. The molecule has 0 fully saturated rings. The average molecular weight is 279 g/mol. The van der Waals surface area contributed by atoms with Gasteiger partial charge in [0.05, 0.1) is 10.0 Å². The molecule has 0 aliphatic heterocycles. The third-order valence-electron chi connectivity index (χ3n) is 1.82. The number of carbonyl (C=O) groups excluding carboxylic acids is 1. The molecule has 0 unspecified atom stereocenters. The third-order valence-corrected chi connectivity index (χ3v) is 2.74. The third kappa shape index (κ3) is 4.05. The zero-order chi connectivity index (χ0) is 12.0. The van der Waals surface area contributed by atoms with Gasteiger partial charge in [-0.15, -0.1) is 11.6 Å². The van der Waals surface area contributed by atoms with Gasteiger partial charge in [-0.2, -0.15) is 0 Å². The number of halogens is 3. The van der Waals surface area contributed by atoms with Gasteiger partial charge in [0.25, 0.3) is 5.91 Å². The van der Waals surface area contributed by atoms with Gasteiger partial charge in [-0.3, -0.25) is 4.79 Å². The molecule has 0 saturated heterocycles. The fourth-order valence-corrected chi connectivity index (χ4v) is 1.46. The first kappa shape index (κ1) is 13.4. The summed E-state index contributed by atoms with van der Waals surface area (Å²) in [5.41, 5.74) is 0.480. The van der Waals surface area contributed by atoms with E-state index in [4.69, 9.17) is 34.8 Å². The second-order valence-electron chi connectivity index (χ2n) is 2.96. The number of nitrogens with one attached hydrogen (secondary N) is 1. The molecule has 1 amide bonds. The molecule has 0 aliphatic rings. The van der Waals surface area contributed by atoms with E-state index in [0.29, 0.717) is 28.0 Å². The van der Waals surface area contributed by atoms with Gasteiger partial charge in [0.2, 0.25) is 0 Å². The highest BCUT2D eigenvalue weighted by molar-refractivity contribution is 6.42. The van der Waals surface area contributed by atoms with Crippen LogP contribution in [0.5, 0.6) is 0 Å². The Morgan fingerprint density at radius 1 is 1.25 bits per heavy atom. The Balaban J connectivity index is 2.59. The molecule has 0 atom stereocenters. The van der Waals surface area contributed by atoms with E-state index < -0.39 is 0 Å². The molecule has 0 aromatic heterocycles. The quantitative estimate of drug-likeness (QED) is 0.663. The predicted molar refractivity (Wildman–Crippen MR) is 68.7 cm³/mol. The highest BCUT2D eigenvalue weighted by atomic mass is 35.5. The van der Waals surface area contributed by atoms with Crippen molar-refractivity contribution in [1.82, 2.24) is 5.32 Å². The van der Waals surface area contributed by atoms with E-state index in [1.807, 2.05) is 0 Å². The lowest BCUT2D eigenvalue weighted by Gasteiger charge is -2.03. The Bertz CT molecular complexity index is 404. The van der Waals surface area contributed by atoms with Crippen LogP contribution >= 0.6 is 34.8 Å². The number of rotatable bonds is 4. The molecule has 0 aliphatic carbocycles. The number of hydrogen-bond donors (Lipinski definition) is 1. The largest absolute Gasteiger partial charge is 0.349 e. The molecule has 0 saturated carbocycles. The molecule has 5 heteroatoms. The summed E-state index contributed by atoms with van der Waals surface area (Å²) in [7, 11) is 0. The number of hydrogen-bond acceptors (Lipinski definition) is 1. The average Bonchev–Trinajstić information content (AvgIpc) is 2.28. The minimum Gasteiger partial charge on any atom is -0.349 e. The first-order valence-corrected chi connectivity index (χ1v) is 5.88. The van der Waals surface area contributed by atoms with Crippen molar-refractivity contribution in [2.24, 2.45) is 0 Å². The number of amides is 1. The van der Waals surface area contributed by atoms with Crippen LogP contribution < -0.4 is 5.32 Å². The molecule has 16 heavy (non-hydrogen) atoms. The van der Waals surface area contributed by atoms with Gasteiger partial charge in [0, 0.05) is 18.0 Å². The molecule has 0 spiro atoms. The summed E-state index contributed by atoms with van der Waals surface area (Å²) >= 11 is 17.0. The van der Waals surface area contributed by atoms with Crippen LogP contribution in [0, 0.1) is 0 Å². The van der Waals surface area contributed by atoms with E-state index in [-0.39, 0.29) is 5.91 Å². The maximum Gasteiger partial charge on any atom is 0.251 e. The summed E-state index contributed by atoms with van der Waals surface area (Å²) in [4.78, 5) is 11.6. The topological polar surface area (TPSA) is 29.1 Å². The minimum atomic E-state index is -0.196. The number of benzene rings is 1. The Hall–Kier alpha value is -0.700. The number of allylic oxidation sites excluding steroid dienone is 1. The molecule has 1 aromatic rings. The molecular weight excluding hydrogens is 268 g/mol. The van der Waals surface area contributed by atoms with Crippen molar-refractivity contribution >= 4 is 40.7 Å². The maximum atomic E-state index is 11.6. The summed E-state index contributed by atoms with van der Waals surface area (Å²) in [6, 6.07) is 4.74. The smallest absolute Gasteiger partial charge is 0.251 e. The molecule has 0 bridgehead atoms. The lowest BCUT2D eigenvalue weighted by Crippen LogP contribution is -2.23. The summed E-state index contributed by atoms with van der Waals surface area (Å²) < 4.78 is 0. The first-order valence-electron chi connectivity index (χ1n) is 4.59. The molecule has 1 rings (SSSR count). The van der Waals surface area contributed by atoms with Gasteiger partial charge < -0.3 is 5.32 Å². The molecule has 1 N–H and O–H groups in total. The number of alkyl halides is 1. The maximum absolute atomic E-state index is 11.6. The first-order chi connectivity index (χ1) is 7.65. The summed E-state index contributed by atoms with van der Waals surface area (Å²) in [5.74, 6) is 0.237. The normalized spacial score (nSPS) is 10.7. The summed E-state index contributed by atoms with van der Waals surface area (Å²) in [6.45, 7) is 0.436. The Labute approximate surface area is 109 Å². The van der Waals surface area contributed by atoms with Crippen LogP contribution in [0.4, 0.5) is 0 Å². The van der Waals surface area contributed by atoms with Gasteiger partial charge in [-0.25, -0.2) is 0 Å². The SMILES string of the molecule is O=C(NC/C=C/CCl)c1ccc(Cl)c(Cl)c1. The molecule has 86 valence electrons. The van der Waals surface area contributed by atoms with Gasteiger partial charge in [0.1, 0.15) is 0 Å². The van der Waals surface area contributed by atoms with E-state index in [0.717, 1.165) is 0 Å². The van der Waals surface area contributed by atoms with Crippen molar-refractivity contribution in [3.8, 4) is 0 Å². The van der Waals surface area contributed by atoms with Crippen molar-refractivity contribution in [3.05, 3.63) is 46.0 Å². The zero-order valence-corrected chi connectivity index (χ0v) is 10.6. The predicted octanol–water partition coefficient (Wildman–Crippen LogP) is 3.52. The van der Waals surface area contributed by atoms with Gasteiger partial charge in [-0.1, -0.05) is 35.4 Å². The van der Waals surface area contributed by atoms with Crippen LogP contribution in [-0.4, -0.2) is 18.3 Å². The molecule has 0 heterocycles. The van der Waals surface area contributed by atoms with E-state index in [9.17, 15) is 4.79 Å². The van der Waals surface area contributed by atoms with Crippen LogP contribution in [0.25, 0.3) is 0 Å². The summed E-state index contributed by atoms with van der Waals surface area (Å²) in [5, 5.41) is 3.49. The second-order valence-corrected chi connectivity index (χ2v) is 4.09. The van der Waals surface area contributed by atoms with Crippen LogP contribution in [-0.2, 0) is 0 Å². The highest BCUT2D eigenvalue weighted by Gasteiger charge is 2.06. The monoisotopic (exact) mass is 277 g/mol. The van der Waals surface area contributed by atoms with Crippen molar-refractivity contribution in [2.45, 2.75) is 0 Å². The van der Waals surface area contributed by atoms with Gasteiger partial charge in [0.15, 0.2) is 0 Å². The van der Waals surface area contributed by atoms with E-state index >= 15 is 0 Å². The lowest BCUT2D eigenvalue weighted by molar-refractivity contribution is 0.0958. The summed E-state index contributed by atoms with van der Waals surface area (Å²) in [6.07, 6.45) is 3.54. The van der Waals surface area contributed by atoms with Crippen molar-refractivity contribution < 1.29 is 4.79 Å². The number of carbonyl (C=O) groups is 1. The van der Waals surface area contributed by atoms with E-state index in [2.05, 4.69) is 5.32 Å². The van der Waals surface area contributed by atoms with Crippen molar-refractivity contribution in [1.29, 1.82) is 0 Å². The molecule has 2 nitrogen and oxygen atoms in total. The molecule has 1 aromatic carbocycles. The van der Waals surface area contributed by atoms with E-state index in [1.165, 1.54) is 6.07 Å². The van der Waals surface area contributed by atoms with Crippen LogP contribution in [0.2, 0.25) is 10.0 Å². The van der Waals surface area contributed by atoms with Crippen molar-refractivity contribution in [2.75, 3.05) is 12.4 Å². The van der Waals surface area contributed by atoms with Gasteiger partial charge in [-0.05, 0) is 18.2 Å². The lowest BCUT2D eigenvalue weighted by atomic mass is 10.2. The van der Waals surface area contributed by atoms with Gasteiger partial charge >= 0.3 is 0 Å². The van der Waals surface area contributed by atoms with Crippen LogP contribution in [0.1, 0.15) is 10.4 Å². The second kappa shape index (κ2) is 6.79. The van der Waals surface area contributed by atoms with Crippen LogP contribution in [0.15, 0.2) is 30.4 Å². The standard InChI is InChI=1S/C11H10Cl3NO/c12-5-1-2-6-15-11(16)8-3-4-9(13)10(14)7-8/h1-4,7H,5-6H2,(H,15,16)/b2-1+. The highest BCUT2D eigenvalue weighted by Crippen LogP contribution is 2.22. The van der Waals surface area contributed by atoms with Crippen molar-refractivity contribution in [3.63, 3.8) is 0 Å². The van der Waals surface area contributed by atoms with Crippen LogP contribution in [0.3, 0.4) is 0 Å². The molecule has 0 radical (unpaired) electrons. The van der Waals surface area contributed by atoms with E-state index in [1.54, 1.807) is 24.3 Å². The fourth-order valence-electron chi connectivity index (χ4n) is 1.04. The Morgan fingerprint density at radius 2 is 2.00 bits per heavy atom. The molecular formula is C11H10Cl3NO. The minimum absolute atomic E-state index is 0.196. The fraction of sp³-hybridized carbons (Fsp3) is 0.182. The Kier molecular flexibility index (Phi) is 5.67. The Morgan fingerprint density at radius 3 is 2.62 bits per heavy atom.